The molecular formula is C24H39N5O5S. The van der Waals surface area contributed by atoms with Crippen LogP contribution in [-0.2, 0) is 25.6 Å². The molecule has 0 saturated carbocycles. The summed E-state index contributed by atoms with van der Waals surface area (Å²) in [6, 6.07) is 4.95. The maximum Gasteiger partial charge on any atom is 0.326 e. The first-order valence-corrected chi connectivity index (χ1v) is 12.5. The molecule has 10 nitrogen and oxygen atoms in total. The number of thiol groups is 1. The Hall–Kier alpha value is -2.63. The van der Waals surface area contributed by atoms with E-state index in [4.69, 9.17) is 11.5 Å². The van der Waals surface area contributed by atoms with Gasteiger partial charge in [0.15, 0.2) is 0 Å². The van der Waals surface area contributed by atoms with Crippen molar-refractivity contribution in [1.29, 1.82) is 0 Å². The van der Waals surface area contributed by atoms with Gasteiger partial charge in [-0.15, -0.1) is 0 Å². The molecule has 0 radical (unpaired) electrons. The van der Waals surface area contributed by atoms with Crippen molar-refractivity contribution in [2.24, 2.45) is 17.4 Å². The number of unbranched alkanes of at least 4 members (excludes halogenated alkanes) is 1. The highest BCUT2D eigenvalue weighted by Crippen LogP contribution is 2.08. The summed E-state index contributed by atoms with van der Waals surface area (Å²) in [5.41, 5.74) is 12.3. The zero-order chi connectivity index (χ0) is 26.4. The van der Waals surface area contributed by atoms with E-state index in [0.717, 1.165) is 5.56 Å². The molecule has 196 valence electrons. The lowest BCUT2D eigenvalue weighted by Crippen LogP contribution is -2.58. The lowest BCUT2D eigenvalue weighted by molar-refractivity contribution is -0.142. The van der Waals surface area contributed by atoms with Crippen LogP contribution in [0, 0.1) is 5.92 Å². The molecule has 1 aromatic carbocycles. The summed E-state index contributed by atoms with van der Waals surface area (Å²) >= 11 is 4.16. The number of hydrogen-bond donors (Lipinski definition) is 7. The van der Waals surface area contributed by atoms with Crippen LogP contribution < -0.4 is 27.4 Å². The van der Waals surface area contributed by atoms with Crippen molar-refractivity contribution in [3.63, 3.8) is 0 Å². The van der Waals surface area contributed by atoms with Gasteiger partial charge in [-0.1, -0.05) is 50.6 Å². The van der Waals surface area contributed by atoms with Crippen LogP contribution in [0.1, 0.15) is 45.1 Å². The molecule has 0 aliphatic carbocycles. The fourth-order valence-electron chi connectivity index (χ4n) is 3.33. The number of nitrogens with two attached hydrogens (primary N) is 2. The van der Waals surface area contributed by atoms with Crippen molar-refractivity contribution in [3.05, 3.63) is 35.9 Å². The van der Waals surface area contributed by atoms with Crippen LogP contribution >= 0.6 is 12.6 Å². The molecule has 3 amide bonds. The predicted molar refractivity (Wildman–Crippen MR) is 138 cm³/mol. The van der Waals surface area contributed by atoms with Gasteiger partial charge in [0.25, 0.3) is 0 Å². The van der Waals surface area contributed by atoms with Gasteiger partial charge in [0.1, 0.15) is 18.1 Å². The largest absolute Gasteiger partial charge is 0.480 e. The summed E-state index contributed by atoms with van der Waals surface area (Å²) in [6.07, 6.45) is 2.22. The Morgan fingerprint density at radius 1 is 0.943 bits per heavy atom. The highest BCUT2D eigenvalue weighted by atomic mass is 32.1. The van der Waals surface area contributed by atoms with Crippen molar-refractivity contribution in [1.82, 2.24) is 16.0 Å². The Kier molecular flexibility index (Phi) is 14.0. The van der Waals surface area contributed by atoms with Crippen LogP contribution in [0.3, 0.4) is 0 Å². The number of aliphatic carboxylic acids is 1. The first-order valence-electron chi connectivity index (χ1n) is 11.9. The zero-order valence-electron chi connectivity index (χ0n) is 20.4. The van der Waals surface area contributed by atoms with Gasteiger partial charge in [0, 0.05) is 12.2 Å². The molecule has 1 rings (SSSR count). The number of carboxylic acids is 1. The average Bonchev–Trinajstić information content (AvgIpc) is 2.85. The topological polar surface area (TPSA) is 177 Å². The molecule has 11 heteroatoms. The average molecular weight is 510 g/mol. The number of amides is 3. The summed E-state index contributed by atoms with van der Waals surface area (Å²) in [5.74, 6) is -2.98. The monoisotopic (exact) mass is 509 g/mol. The quantitative estimate of drug-likeness (QED) is 0.123. The van der Waals surface area contributed by atoms with Crippen LogP contribution in [0.15, 0.2) is 30.3 Å². The van der Waals surface area contributed by atoms with Gasteiger partial charge < -0.3 is 32.5 Å². The highest BCUT2D eigenvalue weighted by Gasteiger charge is 2.30. The molecule has 0 heterocycles. The number of nitrogens with one attached hydrogen (secondary N) is 3. The molecular weight excluding hydrogens is 470 g/mol. The van der Waals surface area contributed by atoms with Gasteiger partial charge in [-0.25, -0.2) is 4.79 Å². The van der Waals surface area contributed by atoms with Crippen LogP contribution in [0.5, 0.6) is 0 Å². The first kappa shape index (κ1) is 30.4. The van der Waals surface area contributed by atoms with Crippen molar-refractivity contribution >= 4 is 36.3 Å². The van der Waals surface area contributed by atoms with E-state index in [9.17, 15) is 24.3 Å². The summed E-state index contributed by atoms with van der Waals surface area (Å²) in [4.78, 5) is 50.1. The summed E-state index contributed by atoms with van der Waals surface area (Å²) in [6.45, 7) is 4.16. The molecule has 0 bridgehead atoms. The molecule has 0 saturated heterocycles. The molecule has 1 aromatic rings. The molecule has 8 N–H and O–H groups in total. The Balaban J connectivity index is 2.91. The summed E-state index contributed by atoms with van der Waals surface area (Å²) in [7, 11) is 0. The van der Waals surface area contributed by atoms with Gasteiger partial charge in [-0.05, 0) is 37.3 Å². The number of hydrogen-bond acceptors (Lipinski definition) is 7. The van der Waals surface area contributed by atoms with E-state index in [0.29, 0.717) is 25.8 Å². The van der Waals surface area contributed by atoms with E-state index in [2.05, 4.69) is 28.6 Å². The van der Waals surface area contributed by atoms with Crippen LogP contribution in [0.25, 0.3) is 0 Å². The zero-order valence-corrected chi connectivity index (χ0v) is 21.3. The van der Waals surface area contributed by atoms with E-state index >= 15 is 0 Å². The Morgan fingerprint density at radius 2 is 1.51 bits per heavy atom. The van der Waals surface area contributed by atoms with E-state index in [1.807, 2.05) is 19.9 Å². The second-order valence-corrected chi connectivity index (χ2v) is 8.95. The van der Waals surface area contributed by atoms with Gasteiger partial charge in [-0.3, -0.25) is 14.4 Å². The third-order valence-corrected chi connectivity index (χ3v) is 6.22. The molecule has 0 aromatic heterocycles. The van der Waals surface area contributed by atoms with Crippen LogP contribution in [0.2, 0.25) is 0 Å². The van der Waals surface area contributed by atoms with Crippen molar-refractivity contribution in [2.75, 3.05) is 12.3 Å². The molecule has 0 aliphatic heterocycles. The second kappa shape index (κ2) is 16.1. The third kappa shape index (κ3) is 10.7. The summed E-state index contributed by atoms with van der Waals surface area (Å²) < 4.78 is 0. The molecule has 0 fully saturated rings. The lowest BCUT2D eigenvalue weighted by Gasteiger charge is -2.25. The highest BCUT2D eigenvalue weighted by molar-refractivity contribution is 7.80. The lowest BCUT2D eigenvalue weighted by atomic mass is 9.99. The Labute approximate surface area is 212 Å². The van der Waals surface area contributed by atoms with Crippen molar-refractivity contribution < 1.29 is 24.3 Å². The minimum Gasteiger partial charge on any atom is -0.480 e. The van der Waals surface area contributed by atoms with E-state index in [-0.39, 0.29) is 24.5 Å². The number of rotatable bonds is 16. The van der Waals surface area contributed by atoms with E-state index in [1.165, 1.54) is 0 Å². The van der Waals surface area contributed by atoms with E-state index < -0.39 is 47.9 Å². The molecule has 0 spiro atoms. The fourth-order valence-corrected chi connectivity index (χ4v) is 3.59. The smallest absolute Gasteiger partial charge is 0.326 e. The van der Waals surface area contributed by atoms with Gasteiger partial charge in [0.2, 0.25) is 17.7 Å². The number of carboxylic acid groups (broad SMARTS) is 1. The maximum absolute atomic E-state index is 13.0. The number of carbonyl (C=O) groups is 4. The number of carbonyl (C=O) groups excluding carboxylic acids is 3. The van der Waals surface area contributed by atoms with Crippen LogP contribution in [-0.4, -0.2) is 65.3 Å². The molecule has 0 aliphatic rings. The van der Waals surface area contributed by atoms with E-state index in [1.54, 1.807) is 24.3 Å². The Bertz CT molecular complexity index is 826. The molecule has 5 unspecified atom stereocenters. The van der Waals surface area contributed by atoms with Gasteiger partial charge >= 0.3 is 5.97 Å². The van der Waals surface area contributed by atoms with Crippen LogP contribution in [0.4, 0.5) is 0 Å². The van der Waals surface area contributed by atoms with Gasteiger partial charge in [-0.2, -0.15) is 12.6 Å². The fraction of sp³-hybridized carbons (Fsp3) is 0.583. The maximum atomic E-state index is 13.0. The normalized spacial score (nSPS) is 15.2. The van der Waals surface area contributed by atoms with Gasteiger partial charge in [0.05, 0.1) is 6.04 Å². The molecule has 35 heavy (non-hydrogen) atoms. The van der Waals surface area contributed by atoms with Crippen molar-refractivity contribution in [3.8, 4) is 0 Å². The number of benzene rings is 1. The minimum atomic E-state index is -1.19. The predicted octanol–water partition coefficient (Wildman–Crippen LogP) is 0.200. The minimum absolute atomic E-state index is 0.00625. The second-order valence-electron chi connectivity index (χ2n) is 8.59. The standard InChI is InChI=1S/C24H39N5O5S/c1-3-15(2)20(26)23(32)29-19(14-35)22(31)27-17(11-7-8-12-25)21(30)28-18(24(33)34)13-16-9-5-4-6-10-16/h4-6,9-10,15,17-20,35H,3,7-8,11-14,25-26H2,1-2H3,(H,27,31)(H,28,30)(H,29,32)(H,33,34). The third-order valence-electron chi connectivity index (χ3n) is 5.85. The summed E-state index contributed by atoms with van der Waals surface area (Å²) in [5, 5.41) is 17.4. The molecule has 5 atom stereocenters. The Morgan fingerprint density at radius 3 is 2.06 bits per heavy atom. The van der Waals surface area contributed by atoms with Crippen molar-refractivity contribution in [2.45, 2.75) is 70.1 Å². The SMILES string of the molecule is CCC(C)C(N)C(=O)NC(CS)C(=O)NC(CCCCN)C(=O)NC(Cc1ccccc1)C(=O)O. The first-order chi connectivity index (χ1) is 16.6.